The average molecular weight is 372 g/mol. The molecule has 2 aliphatic heterocycles. The molecule has 4 rings (SSSR count). The van der Waals surface area contributed by atoms with Gasteiger partial charge in [0.1, 0.15) is 0 Å². The summed E-state index contributed by atoms with van der Waals surface area (Å²) in [5, 5.41) is 22.8. The molecule has 1 atom stereocenters. The summed E-state index contributed by atoms with van der Waals surface area (Å²) in [5.74, 6) is -1.16. The summed E-state index contributed by atoms with van der Waals surface area (Å²) < 4.78 is 12.9. The fourth-order valence-electron chi connectivity index (χ4n) is 3.75. The van der Waals surface area contributed by atoms with Gasteiger partial charge >= 0.3 is 0 Å². The van der Waals surface area contributed by atoms with Crippen LogP contribution in [0.25, 0.3) is 11.4 Å². The van der Waals surface area contributed by atoms with Gasteiger partial charge in [-0.1, -0.05) is 6.92 Å². The van der Waals surface area contributed by atoms with Crippen LogP contribution in [-0.4, -0.2) is 58.3 Å². The lowest BCUT2D eigenvalue weighted by molar-refractivity contribution is -0.310. The van der Waals surface area contributed by atoms with E-state index in [9.17, 15) is 9.90 Å². The fourth-order valence-corrected chi connectivity index (χ4v) is 3.75. The third-order valence-corrected chi connectivity index (χ3v) is 5.28. The van der Waals surface area contributed by atoms with Gasteiger partial charge in [-0.25, -0.2) is 4.68 Å². The molecular weight excluding hydrogens is 350 g/mol. The number of carboxylic acid groups (broad SMARTS) is 1. The molecule has 1 aromatic heterocycles. The van der Waals surface area contributed by atoms with E-state index in [-0.39, 0.29) is 0 Å². The average Bonchev–Trinajstić information content (AvgIpc) is 3.33. The molecule has 0 aliphatic carbocycles. The first-order chi connectivity index (χ1) is 13.1. The van der Waals surface area contributed by atoms with Gasteiger partial charge in [0.15, 0.2) is 11.6 Å². The molecule has 0 radical (unpaired) electrons. The van der Waals surface area contributed by atoms with Gasteiger partial charge in [-0.15, -0.1) is 5.10 Å². The molecule has 2 aromatic rings. The third-order valence-electron chi connectivity index (χ3n) is 5.28. The number of hydrogen-bond donors (Lipinski definition) is 0. The Balaban J connectivity index is 1.49. The Morgan fingerprint density at radius 2 is 1.89 bits per heavy atom. The molecule has 2 fully saturated rings. The SMILES string of the molecule is CCC(C(=O)[O-])n1nnnc1-c1ccc(N2CCC3(CC2)OCCO3)cc1. The zero-order valence-electron chi connectivity index (χ0n) is 15.2. The number of carbonyl (C=O) groups is 1. The molecule has 144 valence electrons. The number of benzene rings is 1. The Kier molecular flexibility index (Phi) is 4.79. The maximum absolute atomic E-state index is 11.3. The summed E-state index contributed by atoms with van der Waals surface area (Å²) in [6.45, 7) is 4.83. The van der Waals surface area contributed by atoms with Crippen molar-refractivity contribution >= 4 is 11.7 Å². The van der Waals surface area contributed by atoms with Crippen molar-refractivity contribution in [2.75, 3.05) is 31.2 Å². The highest BCUT2D eigenvalue weighted by atomic mass is 16.7. The Hall–Kier alpha value is -2.52. The fraction of sp³-hybridized carbons (Fsp3) is 0.556. The van der Waals surface area contributed by atoms with Crippen LogP contribution in [0.3, 0.4) is 0 Å². The Morgan fingerprint density at radius 1 is 1.22 bits per heavy atom. The molecule has 3 heterocycles. The number of aromatic nitrogens is 4. The van der Waals surface area contributed by atoms with E-state index < -0.39 is 17.8 Å². The summed E-state index contributed by atoms with van der Waals surface area (Å²) in [6.07, 6.45) is 2.03. The van der Waals surface area contributed by atoms with Gasteiger partial charge < -0.3 is 24.3 Å². The van der Waals surface area contributed by atoms with Crippen LogP contribution in [0.2, 0.25) is 0 Å². The normalized spacial score (nSPS) is 20.1. The molecule has 0 amide bonds. The second-order valence-electron chi connectivity index (χ2n) is 6.83. The van der Waals surface area contributed by atoms with E-state index in [1.54, 1.807) is 6.92 Å². The highest BCUT2D eigenvalue weighted by Crippen LogP contribution is 2.33. The first-order valence-electron chi connectivity index (χ1n) is 9.24. The van der Waals surface area contributed by atoms with Crippen molar-refractivity contribution in [2.24, 2.45) is 0 Å². The minimum Gasteiger partial charge on any atom is -0.548 e. The minimum absolute atomic E-state index is 0.345. The quantitative estimate of drug-likeness (QED) is 0.742. The maximum Gasteiger partial charge on any atom is 0.182 e. The first-order valence-corrected chi connectivity index (χ1v) is 9.24. The maximum atomic E-state index is 11.3. The van der Waals surface area contributed by atoms with Crippen LogP contribution in [0.15, 0.2) is 24.3 Å². The predicted octanol–water partition coefficient (Wildman–Crippen LogP) is 0.384. The van der Waals surface area contributed by atoms with Crippen molar-refractivity contribution in [1.82, 2.24) is 20.2 Å². The molecule has 1 spiro atoms. The molecule has 0 bridgehead atoms. The topological polar surface area (TPSA) is 105 Å². The standard InChI is InChI=1S/C18H23N5O4/c1-2-15(17(24)25)23-16(19-20-21-23)13-3-5-14(6-4-13)22-9-7-18(8-10-22)26-11-12-27-18/h3-6,15H,2,7-12H2,1H3,(H,24,25)/p-1. The predicted molar refractivity (Wildman–Crippen MR) is 93.7 cm³/mol. The molecule has 27 heavy (non-hydrogen) atoms. The molecular formula is C18H22N5O4-. The number of rotatable bonds is 5. The number of tetrazole rings is 1. The number of anilines is 1. The number of hydrogen-bond acceptors (Lipinski definition) is 8. The van der Waals surface area contributed by atoms with Crippen molar-refractivity contribution < 1.29 is 19.4 Å². The summed E-state index contributed by atoms with van der Waals surface area (Å²) in [4.78, 5) is 13.6. The van der Waals surface area contributed by atoms with Crippen molar-refractivity contribution in [2.45, 2.75) is 38.0 Å². The second-order valence-corrected chi connectivity index (χ2v) is 6.83. The zero-order valence-corrected chi connectivity index (χ0v) is 15.2. The Labute approximate surface area is 156 Å². The van der Waals surface area contributed by atoms with Crippen LogP contribution >= 0.6 is 0 Å². The van der Waals surface area contributed by atoms with Crippen LogP contribution < -0.4 is 10.0 Å². The highest BCUT2D eigenvalue weighted by Gasteiger charge is 2.39. The summed E-state index contributed by atoms with van der Waals surface area (Å²) in [6, 6.07) is 6.93. The molecule has 2 saturated heterocycles. The Bertz CT molecular complexity index is 790. The van der Waals surface area contributed by atoms with Crippen molar-refractivity contribution in [3.8, 4) is 11.4 Å². The molecule has 1 unspecified atom stereocenters. The lowest BCUT2D eigenvalue weighted by Crippen LogP contribution is -2.45. The number of carboxylic acids is 1. The number of ether oxygens (including phenoxy) is 2. The van der Waals surface area contributed by atoms with Crippen LogP contribution in [0.5, 0.6) is 0 Å². The monoisotopic (exact) mass is 372 g/mol. The second kappa shape index (κ2) is 7.24. The molecule has 0 saturated carbocycles. The molecule has 9 heteroatoms. The minimum atomic E-state index is -1.19. The van der Waals surface area contributed by atoms with E-state index in [2.05, 4.69) is 20.4 Å². The van der Waals surface area contributed by atoms with Crippen LogP contribution in [0, 0.1) is 0 Å². The van der Waals surface area contributed by atoms with Crippen molar-refractivity contribution in [3.05, 3.63) is 24.3 Å². The van der Waals surface area contributed by atoms with E-state index in [1.807, 2.05) is 24.3 Å². The summed E-state index contributed by atoms with van der Waals surface area (Å²) >= 11 is 0. The number of carbonyl (C=O) groups excluding carboxylic acids is 1. The third kappa shape index (κ3) is 3.40. The number of aliphatic carboxylic acids is 1. The van der Waals surface area contributed by atoms with E-state index in [4.69, 9.17) is 9.47 Å². The lowest BCUT2D eigenvalue weighted by atomic mass is 10.0. The molecule has 9 nitrogen and oxygen atoms in total. The highest BCUT2D eigenvalue weighted by molar-refractivity contribution is 5.71. The molecule has 2 aliphatic rings. The first kappa shape index (κ1) is 17.9. The van der Waals surface area contributed by atoms with Gasteiger partial charge in [0.05, 0.1) is 25.2 Å². The zero-order chi connectivity index (χ0) is 18.9. The Morgan fingerprint density at radius 3 is 2.48 bits per heavy atom. The van der Waals surface area contributed by atoms with Gasteiger partial charge in [-0.2, -0.15) is 0 Å². The van der Waals surface area contributed by atoms with Gasteiger partial charge in [0, 0.05) is 37.2 Å². The lowest BCUT2D eigenvalue weighted by Gasteiger charge is -2.38. The van der Waals surface area contributed by atoms with Gasteiger partial charge in [0.25, 0.3) is 0 Å². The van der Waals surface area contributed by atoms with Gasteiger partial charge in [-0.05, 0) is 41.1 Å². The van der Waals surface area contributed by atoms with E-state index >= 15 is 0 Å². The van der Waals surface area contributed by atoms with Gasteiger partial charge in [-0.3, -0.25) is 0 Å². The van der Waals surface area contributed by atoms with Crippen LogP contribution in [0.4, 0.5) is 5.69 Å². The van der Waals surface area contributed by atoms with E-state index in [0.717, 1.165) is 37.2 Å². The number of nitrogens with zero attached hydrogens (tertiary/aromatic N) is 5. The van der Waals surface area contributed by atoms with Crippen molar-refractivity contribution in [1.29, 1.82) is 0 Å². The van der Waals surface area contributed by atoms with E-state index in [1.165, 1.54) is 4.68 Å². The summed E-state index contributed by atoms with van der Waals surface area (Å²) in [7, 11) is 0. The van der Waals surface area contributed by atoms with Crippen LogP contribution in [0.1, 0.15) is 32.2 Å². The van der Waals surface area contributed by atoms with E-state index in [0.29, 0.717) is 25.5 Å². The molecule has 1 aromatic carbocycles. The van der Waals surface area contributed by atoms with Crippen molar-refractivity contribution in [3.63, 3.8) is 0 Å². The van der Waals surface area contributed by atoms with Crippen LogP contribution in [-0.2, 0) is 14.3 Å². The smallest absolute Gasteiger partial charge is 0.182 e. The summed E-state index contributed by atoms with van der Waals surface area (Å²) in [5.41, 5.74) is 1.86. The molecule has 0 N–H and O–H groups in total. The largest absolute Gasteiger partial charge is 0.548 e. The number of piperidine rings is 1. The van der Waals surface area contributed by atoms with Gasteiger partial charge in [0.2, 0.25) is 0 Å².